The number of carbonyl (C=O) groups is 2. The van der Waals surface area contributed by atoms with E-state index in [0.717, 1.165) is 6.54 Å². The number of Topliss-reactive ketones (excluding diaryl/α,β-unsaturated/α-hetero) is 1. The van der Waals surface area contributed by atoms with Gasteiger partial charge in [-0.15, -0.1) is 0 Å². The molecule has 0 bridgehead atoms. The van der Waals surface area contributed by atoms with Crippen LogP contribution in [-0.4, -0.2) is 68.8 Å². The summed E-state index contributed by atoms with van der Waals surface area (Å²) in [5.41, 5.74) is 0. The van der Waals surface area contributed by atoms with Gasteiger partial charge in [0, 0.05) is 19.5 Å². The Labute approximate surface area is 97.8 Å². The van der Waals surface area contributed by atoms with Gasteiger partial charge < -0.3 is 10.2 Å². The van der Waals surface area contributed by atoms with Crippen LogP contribution in [0.5, 0.6) is 0 Å². The van der Waals surface area contributed by atoms with E-state index in [-0.39, 0.29) is 24.2 Å². The zero-order chi connectivity index (χ0) is 12.7. The highest BCUT2D eigenvalue weighted by molar-refractivity contribution is 5.88. The molecule has 94 valence electrons. The number of hydrogen-bond acceptors (Lipinski definition) is 4. The molecule has 1 N–H and O–H groups in total. The largest absolute Gasteiger partial charge is 0.353 e. The fourth-order valence-corrected chi connectivity index (χ4v) is 1.30. The zero-order valence-corrected chi connectivity index (χ0v) is 10.9. The Bertz CT molecular complexity index is 239. The first-order chi connectivity index (χ1) is 7.34. The standard InChI is InChI=1S/C11H23N3O2/c1-9(15)8-10(14(4)5)11(16)12-6-7-13(2)3/h10H,6-8H2,1-5H3,(H,12,16). The van der Waals surface area contributed by atoms with Crippen LogP contribution in [0.3, 0.4) is 0 Å². The number of rotatable bonds is 7. The van der Waals surface area contributed by atoms with Crippen LogP contribution in [0.1, 0.15) is 13.3 Å². The summed E-state index contributed by atoms with van der Waals surface area (Å²) in [6.45, 7) is 2.91. The summed E-state index contributed by atoms with van der Waals surface area (Å²) < 4.78 is 0. The van der Waals surface area contributed by atoms with Crippen LogP contribution in [0.4, 0.5) is 0 Å². The maximum atomic E-state index is 11.8. The highest BCUT2D eigenvalue weighted by Crippen LogP contribution is 2.00. The van der Waals surface area contributed by atoms with E-state index >= 15 is 0 Å². The molecule has 1 atom stereocenters. The van der Waals surface area contributed by atoms with Crippen LogP contribution in [0, 0.1) is 0 Å². The topological polar surface area (TPSA) is 52.7 Å². The SMILES string of the molecule is CC(=O)CC(C(=O)NCCN(C)C)N(C)C. The summed E-state index contributed by atoms with van der Waals surface area (Å²) in [7, 11) is 7.51. The summed E-state index contributed by atoms with van der Waals surface area (Å²) in [6.07, 6.45) is 0.265. The molecule has 0 fully saturated rings. The minimum atomic E-state index is -0.361. The van der Waals surface area contributed by atoms with Crippen molar-refractivity contribution in [2.75, 3.05) is 41.3 Å². The molecule has 5 nitrogen and oxygen atoms in total. The van der Waals surface area contributed by atoms with Crippen LogP contribution < -0.4 is 5.32 Å². The molecule has 0 spiro atoms. The minimum Gasteiger partial charge on any atom is -0.353 e. The molecule has 16 heavy (non-hydrogen) atoms. The highest BCUT2D eigenvalue weighted by Gasteiger charge is 2.21. The molecule has 1 unspecified atom stereocenters. The first-order valence-electron chi connectivity index (χ1n) is 5.43. The van der Waals surface area contributed by atoms with Crippen molar-refractivity contribution in [2.24, 2.45) is 0 Å². The first kappa shape index (κ1) is 15.1. The van der Waals surface area contributed by atoms with Crippen molar-refractivity contribution in [3.8, 4) is 0 Å². The van der Waals surface area contributed by atoms with Gasteiger partial charge in [0.2, 0.25) is 5.91 Å². The van der Waals surface area contributed by atoms with Crippen LogP contribution in [-0.2, 0) is 9.59 Å². The predicted octanol–water partition coefficient (Wildman–Crippen LogP) is -0.426. The molecular formula is C11H23N3O2. The van der Waals surface area contributed by atoms with Crippen LogP contribution in [0.2, 0.25) is 0 Å². The fourth-order valence-electron chi connectivity index (χ4n) is 1.30. The third kappa shape index (κ3) is 6.53. The molecule has 0 aliphatic heterocycles. The van der Waals surface area contributed by atoms with E-state index < -0.39 is 0 Å². The van der Waals surface area contributed by atoms with Gasteiger partial charge in [-0.3, -0.25) is 14.5 Å². The van der Waals surface area contributed by atoms with Gasteiger partial charge in [0.1, 0.15) is 5.78 Å². The lowest BCUT2D eigenvalue weighted by atomic mass is 10.1. The van der Waals surface area contributed by atoms with E-state index in [2.05, 4.69) is 5.32 Å². The number of likely N-dealkylation sites (N-methyl/N-ethyl adjacent to an activating group) is 2. The minimum absolute atomic E-state index is 0.0291. The number of nitrogens with zero attached hydrogens (tertiary/aromatic N) is 2. The van der Waals surface area contributed by atoms with Gasteiger partial charge in [-0.1, -0.05) is 0 Å². The molecule has 0 aliphatic carbocycles. The van der Waals surface area contributed by atoms with Crippen LogP contribution in [0.15, 0.2) is 0 Å². The van der Waals surface area contributed by atoms with E-state index in [1.807, 2.05) is 19.0 Å². The summed E-state index contributed by atoms with van der Waals surface area (Å²) in [5.74, 6) is -0.0523. The summed E-state index contributed by atoms with van der Waals surface area (Å²) in [6, 6.07) is -0.361. The van der Waals surface area contributed by atoms with Crippen molar-refractivity contribution in [1.82, 2.24) is 15.1 Å². The van der Waals surface area contributed by atoms with E-state index in [1.165, 1.54) is 6.92 Å². The van der Waals surface area contributed by atoms with Gasteiger partial charge in [0.15, 0.2) is 0 Å². The Balaban J connectivity index is 4.12. The van der Waals surface area contributed by atoms with Gasteiger partial charge in [-0.2, -0.15) is 0 Å². The molecule has 0 aliphatic rings. The maximum absolute atomic E-state index is 11.8. The first-order valence-corrected chi connectivity index (χ1v) is 5.43. The molecule has 0 heterocycles. The zero-order valence-electron chi connectivity index (χ0n) is 10.9. The Morgan fingerprint density at radius 2 is 1.75 bits per heavy atom. The molecule has 0 radical (unpaired) electrons. The van der Waals surface area contributed by atoms with E-state index in [9.17, 15) is 9.59 Å². The number of amides is 1. The summed E-state index contributed by atoms with van der Waals surface area (Å²) >= 11 is 0. The van der Waals surface area contributed by atoms with Gasteiger partial charge in [0.25, 0.3) is 0 Å². The number of carbonyl (C=O) groups excluding carboxylic acids is 2. The van der Waals surface area contributed by atoms with Crippen molar-refractivity contribution >= 4 is 11.7 Å². The lowest BCUT2D eigenvalue weighted by molar-refractivity contribution is -0.129. The second-order valence-corrected chi connectivity index (χ2v) is 4.48. The molecule has 0 aromatic rings. The predicted molar refractivity (Wildman–Crippen MR) is 64.3 cm³/mol. The average molecular weight is 229 g/mol. The van der Waals surface area contributed by atoms with Crippen molar-refractivity contribution in [3.63, 3.8) is 0 Å². The van der Waals surface area contributed by atoms with Gasteiger partial charge in [0.05, 0.1) is 6.04 Å². The fraction of sp³-hybridized carbons (Fsp3) is 0.818. The van der Waals surface area contributed by atoms with Crippen molar-refractivity contribution < 1.29 is 9.59 Å². The van der Waals surface area contributed by atoms with Gasteiger partial charge in [-0.05, 0) is 35.1 Å². The smallest absolute Gasteiger partial charge is 0.237 e. The molecule has 0 saturated heterocycles. The number of nitrogens with one attached hydrogen (secondary N) is 1. The second kappa shape index (κ2) is 7.35. The van der Waals surface area contributed by atoms with E-state index in [1.54, 1.807) is 19.0 Å². The summed E-state index contributed by atoms with van der Waals surface area (Å²) in [4.78, 5) is 26.6. The molecule has 0 rings (SSSR count). The molecular weight excluding hydrogens is 206 g/mol. The maximum Gasteiger partial charge on any atom is 0.237 e. The van der Waals surface area contributed by atoms with E-state index in [4.69, 9.17) is 0 Å². The van der Waals surface area contributed by atoms with Crippen LogP contribution in [0.25, 0.3) is 0 Å². The van der Waals surface area contributed by atoms with Crippen molar-refractivity contribution in [3.05, 3.63) is 0 Å². The lowest BCUT2D eigenvalue weighted by Crippen LogP contribution is -2.46. The average Bonchev–Trinajstić information content (AvgIpc) is 2.12. The Hall–Kier alpha value is -0.940. The van der Waals surface area contributed by atoms with Crippen LogP contribution >= 0.6 is 0 Å². The number of ketones is 1. The normalized spacial score (nSPS) is 12.9. The van der Waals surface area contributed by atoms with Crippen molar-refractivity contribution in [1.29, 1.82) is 0 Å². The summed E-state index contributed by atoms with van der Waals surface area (Å²) in [5, 5.41) is 2.83. The Kier molecular flexibility index (Phi) is 6.92. The monoisotopic (exact) mass is 229 g/mol. The molecule has 0 saturated carbocycles. The quantitative estimate of drug-likeness (QED) is 0.644. The van der Waals surface area contributed by atoms with Gasteiger partial charge in [-0.25, -0.2) is 0 Å². The number of hydrogen-bond donors (Lipinski definition) is 1. The third-order valence-electron chi connectivity index (χ3n) is 2.27. The lowest BCUT2D eigenvalue weighted by Gasteiger charge is -2.22. The van der Waals surface area contributed by atoms with Gasteiger partial charge >= 0.3 is 0 Å². The molecule has 5 heteroatoms. The Morgan fingerprint density at radius 1 is 1.19 bits per heavy atom. The third-order valence-corrected chi connectivity index (χ3v) is 2.27. The molecule has 1 amide bonds. The second-order valence-electron chi connectivity index (χ2n) is 4.48. The van der Waals surface area contributed by atoms with E-state index in [0.29, 0.717) is 6.54 Å². The molecule has 0 aromatic heterocycles. The molecule has 0 aromatic carbocycles. The highest BCUT2D eigenvalue weighted by atomic mass is 16.2. The van der Waals surface area contributed by atoms with Crippen molar-refractivity contribution in [2.45, 2.75) is 19.4 Å². The Morgan fingerprint density at radius 3 is 2.12 bits per heavy atom.